The molecule has 1 aromatic rings. The van der Waals surface area contributed by atoms with E-state index in [1.807, 2.05) is 0 Å². The van der Waals surface area contributed by atoms with Crippen molar-refractivity contribution in [2.45, 2.75) is 25.7 Å². The first-order valence-electron chi connectivity index (χ1n) is 6.62. The third-order valence-electron chi connectivity index (χ3n) is 3.21. The van der Waals surface area contributed by atoms with Crippen LogP contribution in [0.4, 0.5) is 0 Å². The van der Waals surface area contributed by atoms with Crippen molar-refractivity contribution in [3.8, 4) is 0 Å². The van der Waals surface area contributed by atoms with Gasteiger partial charge in [0.2, 0.25) is 0 Å². The molecule has 1 saturated heterocycles. The summed E-state index contributed by atoms with van der Waals surface area (Å²) in [7, 11) is 1.68. The molecule has 1 aromatic heterocycles. The largest absolute Gasteiger partial charge is 0.358 e. The predicted molar refractivity (Wildman–Crippen MR) is 83.7 cm³/mol. The third kappa shape index (κ3) is 4.31. The number of likely N-dealkylation sites (tertiary alicyclic amines) is 1. The molecule has 0 aromatic carbocycles. The maximum absolute atomic E-state index is 11.2. The highest BCUT2D eigenvalue weighted by Crippen LogP contribution is 2.16. The van der Waals surface area contributed by atoms with Crippen LogP contribution in [0, 0.1) is 0 Å². The quantitative estimate of drug-likeness (QED) is 0.796. The number of thiocarbonyl (C=S) groups is 1. The number of hydrogen-bond acceptors (Lipinski definition) is 4. The first kappa shape index (κ1) is 14.5. The Morgan fingerprint density at radius 3 is 2.79 bits per heavy atom. The molecular formula is C13H19N3OS2. The van der Waals surface area contributed by atoms with E-state index in [9.17, 15) is 4.79 Å². The summed E-state index contributed by atoms with van der Waals surface area (Å²) < 4.78 is 2.38. The highest BCUT2D eigenvalue weighted by molar-refractivity contribution is 8.22. The molecule has 19 heavy (non-hydrogen) atoms. The van der Waals surface area contributed by atoms with Crippen molar-refractivity contribution >= 4 is 28.3 Å². The van der Waals surface area contributed by atoms with Gasteiger partial charge in [0.15, 0.2) is 0 Å². The van der Waals surface area contributed by atoms with Crippen LogP contribution in [0.2, 0.25) is 0 Å². The van der Waals surface area contributed by atoms with Gasteiger partial charge in [-0.2, -0.15) is 5.10 Å². The minimum Gasteiger partial charge on any atom is -0.358 e. The van der Waals surface area contributed by atoms with Crippen LogP contribution in [0.3, 0.4) is 0 Å². The Kier molecular flexibility index (Phi) is 5.39. The molecule has 1 aliphatic heterocycles. The lowest BCUT2D eigenvalue weighted by Gasteiger charge is -2.28. The number of hydrogen-bond donors (Lipinski definition) is 0. The second kappa shape index (κ2) is 7.05. The number of aryl methyl sites for hydroxylation is 2. The van der Waals surface area contributed by atoms with Crippen molar-refractivity contribution in [3.05, 3.63) is 28.2 Å². The summed E-state index contributed by atoms with van der Waals surface area (Å²) in [4.78, 5) is 13.5. The smallest absolute Gasteiger partial charge is 0.266 e. The molecular weight excluding hydrogens is 278 g/mol. The van der Waals surface area contributed by atoms with Crippen LogP contribution in [0.5, 0.6) is 0 Å². The van der Waals surface area contributed by atoms with Crippen LogP contribution in [0.1, 0.15) is 25.0 Å². The summed E-state index contributed by atoms with van der Waals surface area (Å²) in [6.07, 6.45) is 4.67. The molecule has 2 heterocycles. The first-order valence-corrected chi connectivity index (χ1v) is 8.01. The minimum absolute atomic E-state index is 0.0692. The molecule has 0 amide bonds. The second-order valence-electron chi connectivity index (χ2n) is 4.70. The van der Waals surface area contributed by atoms with E-state index in [1.54, 1.807) is 30.9 Å². The maximum Gasteiger partial charge on any atom is 0.266 e. The number of rotatable bonds is 3. The highest BCUT2D eigenvalue weighted by atomic mass is 32.2. The van der Waals surface area contributed by atoms with Crippen LogP contribution in [-0.4, -0.2) is 37.8 Å². The molecule has 4 nitrogen and oxygen atoms in total. The molecule has 1 fully saturated rings. The lowest BCUT2D eigenvalue weighted by atomic mass is 10.1. The first-order chi connectivity index (χ1) is 9.16. The number of aromatic nitrogens is 2. The molecule has 6 heteroatoms. The van der Waals surface area contributed by atoms with Crippen molar-refractivity contribution in [2.24, 2.45) is 7.05 Å². The molecule has 0 bridgehead atoms. The fourth-order valence-corrected chi connectivity index (χ4v) is 3.38. The summed E-state index contributed by atoms with van der Waals surface area (Å²) in [6.45, 7) is 2.20. The maximum atomic E-state index is 11.2. The van der Waals surface area contributed by atoms with Gasteiger partial charge in [-0.3, -0.25) is 4.79 Å². The van der Waals surface area contributed by atoms with Crippen molar-refractivity contribution in [2.75, 3.05) is 18.8 Å². The molecule has 0 N–H and O–H groups in total. The van der Waals surface area contributed by atoms with Crippen molar-refractivity contribution in [3.63, 3.8) is 0 Å². The molecule has 104 valence electrons. The predicted octanol–water partition coefficient (Wildman–Crippen LogP) is 1.83. The lowest BCUT2D eigenvalue weighted by molar-refractivity contribution is 0.352. The zero-order valence-electron chi connectivity index (χ0n) is 11.2. The molecule has 1 aliphatic rings. The topological polar surface area (TPSA) is 38.1 Å². The van der Waals surface area contributed by atoms with Gasteiger partial charge in [-0.1, -0.05) is 24.0 Å². The monoisotopic (exact) mass is 297 g/mol. The zero-order chi connectivity index (χ0) is 13.7. The van der Waals surface area contributed by atoms with Gasteiger partial charge in [0.1, 0.15) is 4.32 Å². The third-order valence-corrected chi connectivity index (χ3v) is 4.74. The van der Waals surface area contributed by atoms with Gasteiger partial charge in [-0.05, 0) is 25.3 Å². The molecule has 0 saturated carbocycles. The summed E-state index contributed by atoms with van der Waals surface area (Å²) in [5, 5.41) is 4.22. The van der Waals surface area contributed by atoms with E-state index in [1.165, 1.54) is 23.9 Å². The Bertz CT molecular complexity index is 495. The van der Waals surface area contributed by atoms with E-state index in [4.69, 9.17) is 12.2 Å². The number of piperidine rings is 1. The van der Waals surface area contributed by atoms with Gasteiger partial charge in [-0.25, -0.2) is 4.68 Å². The Labute approximate surface area is 123 Å². The van der Waals surface area contributed by atoms with E-state index in [0.29, 0.717) is 0 Å². The van der Waals surface area contributed by atoms with Crippen LogP contribution < -0.4 is 5.56 Å². The van der Waals surface area contributed by atoms with Crippen LogP contribution >= 0.6 is 24.0 Å². The van der Waals surface area contributed by atoms with Gasteiger partial charge < -0.3 is 4.90 Å². The summed E-state index contributed by atoms with van der Waals surface area (Å²) in [5.41, 5.74) is 0.872. The summed E-state index contributed by atoms with van der Waals surface area (Å²) >= 11 is 7.17. The van der Waals surface area contributed by atoms with Crippen molar-refractivity contribution in [1.29, 1.82) is 0 Å². The lowest BCUT2D eigenvalue weighted by Crippen LogP contribution is -2.32. The van der Waals surface area contributed by atoms with Gasteiger partial charge in [-0.15, -0.1) is 0 Å². The van der Waals surface area contributed by atoms with E-state index >= 15 is 0 Å². The summed E-state index contributed by atoms with van der Waals surface area (Å²) in [5.74, 6) is 0.917. The van der Waals surface area contributed by atoms with E-state index in [-0.39, 0.29) is 5.56 Å². The van der Waals surface area contributed by atoms with Gasteiger partial charge in [0, 0.05) is 38.4 Å². The molecule has 0 unspecified atom stereocenters. The Balaban J connectivity index is 1.77. The molecule has 0 spiro atoms. The van der Waals surface area contributed by atoms with E-state index < -0.39 is 0 Å². The van der Waals surface area contributed by atoms with E-state index in [0.717, 1.165) is 35.3 Å². The minimum atomic E-state index is -0.0692. The second-order valence-corrected chi connectivity index (χ2v) is 6.43. The normalized spacial score (nSPS) is 15.5. The highest BCUT2D eigenvalue weighted by Gasteiger charge is 2.13. The fourth-order valence-electron chi connectivity index (χ4n) is 2.09. The van der Waals surface area contributed by atoms with Gasteiger partial charge in [0.05, 0.1) is 5.69 Å². The number of nitrogens with zero attached hydrogens (tertiary/aromatic N) is 3. The van der Waals surface area contributed by atoms with Crippen molar-refractivity contribution < 1.29 is 0 Å². The van der Waals surface area contributed by atoms with Crippen molar-refractivity contribution in [1.82, 2.24) is 14.7 Å². The fraction of sp³-hybridized carbons (Fsp3) is 0.615. The molecule has 0 aliphatic carbocycles. The van der Waals surface area contributed by atoms with Crippen LogP contribution in [-0.2, 0) is 13.5 Å². The average Bonchev–Trinajstić information content (AvgIpc) is 2.43. The Hall–Kier alpha value is -0.880. The number of thioether (sulfide) groups is 1. The van der Waals surface area contributed by atoms with E-state index in [2.05, 4.69) is 10.00 Å². The van der Waals surface area contributed by atoms with Crippen LogP contribution in [0.15, 0.2) is 16.9 Å². The average molecular weight is 297 g/mol. The summed E-state index contributed by atoms with van der Waals surface area (Å²) in [6, 6.07) is 3.36. The molecule has 2 rings (SSSR count). The van der Waals surface area contributed by atoms with Gasteiger partial charge >= 0.3 is 0 Å². The Morgan fingerprint density at radius 2 is 2.11 bits per heavy atom. The Morgan fingerprint density at radius 1 is 1.37 bits per heavy atom. The standard InChI is InChI=1S/C13H19N3OS2/c1-15-12(17)6-5-11(14-15)7-10-19-13(18)16-8-3-2-4-9-16/h5-6H,2-4,7-10H2,1H3. The van der Waals surface area contributed by atoms with Gasteiger partial charge in [0.25, 0.3) is 5.56 Å². The molecule has 0 radical (unpaired) electrons. The molecule has 0 atom stereocenters. The van der Waals surface area contributed by atoms with Crippen LogP contribution in [0.25, 0.3) is 0 Å². The zero-order valence-corrected chi connectivity index (χ0v) is 12.8. The SMILES string of the molecule is Cn1nc(CCSC(=S)N2CCCCC2)ccc1=O.